The normalized spacial score (nSPS) is 17.8. The average molecular weight is 593 g/mol. The quantitative estimate of drug-likeness (QED) is 0.185. The van der Waals surface area contributed by atoms with Gasteiger partial charge in [-0.1, -0.05) is 145 Å². The van der Waals surface area contributed by atoms with Crippen molar-refractivity contribution in [1.29, 1.82) is 0 Å². The van der Waals surface area contributed by atoms with Crippen LogP contribution in [-0.2, 0) is 0 Å². The molecule has 0 aliphatic heterocycles. The van der Waals surface area contributed by atoms with Crippen molar-refractivity contribution in [2.24, 2.45) is 0 Å². The van der Waals surface area contributed by atoms with Crippen molar-refractivity contribution in [3.8, 4) is 44.5 Å². The monoisotopic (exact) mass is 592 g/mol. The molecule has 0 bridgehead atoms. The van der Waals surface area contributed by atoms with Crippen molar-refractivity contribution in [2.45, 2.75) is 0 Å². The van der Waals surface area contributed by atoms with E-state index in [0.29, 0.717) is 10.8 Å². The molecule has 0 spiro atoms. The van der Waals surface area contributed by atoms with E-state index < -0.39 is 154 Å². The second kappa shape index (κ2) is 10.4. The van der Waals surface area contributed by atoms with Gasteiger partial charge in [0.15, 0.2) is 0 Å². The Morgan fingerprint density at radius 3 is 1.56 bits per heavy atom. The van der Waals surface area contributed by atoms with Gasteiger partial charge in [-0.2, -0.15) is 0 Å². The van der Waals surface area contributed by atoms with Crippen molar-refractivity contribution in [2.75, 3.05) is 0 Å². The Hall–Kier alpha value is -5.92. The molecule has 1 heteroatoms. The van der Waals surface area contributed by atoms with Gasteiger partial charge in [0.05, 0.1) is 27.4 Å². The summed E-state index contributed by atoms with van der Waals surface area (Å²) in [5.41, 5.74) is -2.75. The summed E-state index contributed by atoms with van der Waals surface area (Å²) in [5.74, 6) is 0. The summed E-state index contributed by atoms with van der Waals surface area (Å²) < 4.78 is 182. The van der Waals surface area contributed by atoms with Crippen LogP contribution in [0.25, 0.3) is 88.0 Å². The minimum atomic E-state index is -0.746. The van der Waals surface area contributed by atoms with Crippen molar-refractivity contribution in [3.05, 3.63) is 169 Å². The van der Waals surface area contributed by atoms with Crippen molar-refractivity contribution in [1.82, 2.24) is 0 Å². The van der Waals surface area contributed by atoms with Gasteiger partial charge in [-0.05, 0) is 90.2 Å². The highest BCUT2D eigenvalue weighted by Crippen LogP contribution is 2.46. The fraction of sp³-hybridized carbons (Fsp3) is 0. The van der Waals surface area contributed by atoms with Crippen LogP contribution in [0.15, 0.2) is 174 Å². The lowest BCUT2D eigenvalue weighted by molar-refractivity contribution is 0.669. The molecule has 0 amide bonds. The van der Waals surface area contributed by atoms with E-state index in [-0.39, 0.29) is 43.8 Å². The summed E-state index contributed by atoms with van der Waals surface area (Å²) in [6.07, 6.45) is 0. The van der Waals surface area contributed by atoms with Crippen LogP contribution in [0.3, 0.4) is 0 Å². The number of hydrogen-bond acceptors (Lipinski definition) is 1. The molecule has 0 saturated heterocycles. The average Bonchev–Trinajstić information content (AvgIpc) is 3.70. The molecule has 0 atom stereocenters. The minimum Gasteiger partial charge on any atom is -0.456 e. The van der Waals surface area contributed by atoms with E-state index >= 15 is 0 Å². The van der Waals surface area contributed by atoms with Gasteiger partial charge in [-0.15, -0.1) is 0 Å². The largest absolute Gasteiger partial charge is 0.456 e. The molecule has 0 aliphatic carbocycles. The summed E-state index contributed by atoms with van der Waals surface area (Å²) in [4.78, 5) is 0. The molecule has 9 rings (SSSR count). The lowest BCUT2D eigenvalue weighted by atomic mass is 9.85. The third-order valence-electron chi connectivity index (χ3n) is 7.63. The van der Waals surface area contributed by atoms with Gasteiger partial charge < -0.3 is 4.42 Å². The Morgan fingerprint density at radius 2 is 0.911 bits per heavy atom. The molecule has 0 aliphatic rings. The molecular formula is C44H28O. The lowest BCUT2D eigenvalue weighted by Crippen LogP contribution is -1.91. The first-order valence-electron chi connectivity index (χ1n) is 23.8. The van der Waals surface area contributed by atoms with Crippen LogP contribution < -0.4 is 0 Å². The topological polar surface area (TPSA) is 13.1 Å². The van der Waals surface area contributed by atoms with Crippen molar-refractivity contribution >= 4 is 43.5 Å². The standard InChI is InChI=1S/C44H28O/c1-3-13-29(14-4-1)31-17-11-18-32(27-31)42-35-19-7-9-21-37(35)43(38-22-10-8-20-36(38)42)33-25-26-40-39(28-33)44-34(23-12-24-41(44)45-40)30-15-5-2-6-16-30/h1-28H/i1D,2D,3D,4D,5D,6D,11D,12D,13D,14D,15D,16D,17D,18D,23D,24D,25D,26D,27D,28D. The molecule has 1 aromatic heterocycles. The molecule has 0 N–H and O–H groups in total. The van der Waals surface area contributed by atoms with Gasteiger partial charge >= 0.3 is 0 Å². The van der Waals surface area contributed by atoms with E-state index in [1.807, 2.05) is 0 Å². The highest BCUT2D eigenvalue weighted by Gasteiger charge is 2.19. The van der Waals surface area contributed by atoms with Gasteiger partial charge in [0.1, 0.15) is 11.2 Å². The van der Waals surface area contributed by atoms with Gasteiger partial charge in [0.25, 0.3) is 0 Å². The number of rotatable bonds is 4. The SMILES string of the molecule is [2H]c1c([2H])c([2H])c(-c2c([2H])c([2H])c([2H])c(-c3c4ccccc4c(-c4c([2H])c([2H])c5oc6c([2H])c([2H])c([2H])c(-c7c([2H])c([2H])c([2H])c([2H])c7[2H])c6c5c4[2H])c4ccccc34)c2[2H])c([2H])c1[2H]. The summed E-state index contributed by atoms with van der Waals surface area (Å²) in [6, 6.07) is -0.447. The Balaban J connectivity index is 1.46. The molecule has 0 radical (unpaired) electrons. The number of furan rings is 1. The highest BCUT2D eigenvalue weighted by molar-refractivity contribution is 6.22. The molecule has 1 heterocycles. The van der Waals surface area contributed by atoms with Crippen molar-refractivity contribution < 1.29 is 31.8 Å². The van der Waals surface area contributed by atoms with Crippen LogP contribution in [0.4, 0.5) is 0 Å². The van der Waals surface area contributed by atoms with Crippen LogP contribution in [0.5, 0.6) is 0 Å². The number of hydrogen-bond donors (Lipinski definition) is 0. The van der Waals surface area contributed by atoms with E-state index in [2.05, 4.69) is 0 Å². The molecular weight excluding hydrogens is 544 g/mol. The second-order valence-corrected chi connectivity index (χ2v) is 10.1. The van der Waals surface area contributed by atoms with Crippen LogP contribution in [-0.4, -0.2) is 0 Å². The predicted molar refractivity (Wildman–Crippen MR) is 190 cm³/mol. The molecule has 9 aromatic rings. The van der Waals surface area contributed by atoms with Gasteiger partial charge in [0.2, 0.25) is 0 Å². The molecule has 8 aromatic carbocycles. The summed E-state index contributed by atoms with van der Waals surface area (Å²) in [7, 11) is 0. The van der Waals surface area contributed by atoms with Crippen LogP contribution in [0, 0.1) is 0 Å². The number of fused-ring (bicyclic) bond motifs is 5. The molecule has 0 unspecified atom stereocenters. The smallest absolute Gasteiger partial charge is 0.136 e. The van der Waals surface area contributed by atoms with E-state index in [1.165, 1.54) is 0 Å². The molecule has 0 saturated carbocycles. The van der Waals surface area contributed by atoms with Gasteiger partial charge in [0, 0.05) is 10.8 Å². The Labute approximate surface area is 289 Å². The third kappa shape index (κ3) is 4.17. The summed E-state index contributed by atoms with van der Waals surface area (Å²) >= 11 is 0. The van der Waals surface area contributed by atoms with Gasteiger partial charge in [-0.3, -0.25) is 0 Å². The Bertz CT molecular complexity index is 3550. The summed E-state index contributed by atoms with van der Waals surface area (Å²) in [5, 5.41) is 0.658. The highest BCUT2D eigenvalue weighted by atomic mass is 16.3. The Kier molecular flexibility index (Phi) is 2.90. The van der Waals surface area contributed by atoms with Crippen molar-refractivity contribution in [3.63, 3.8) is 0 Å². The van der Waals surface area contributed by atoms with Crippen LogP contribution in [0.1, 0.15) is 27.4 Å². The second-order valence-electron chi connectivity index (χ2n) is 10.1. The Morgan fingerprint density at radius 1 is 0.378 bits per heavy atom. The van der Waals surface area contributed by atoms with E-state index in [4.69, 9.17) is 25.0 Å². The van der Waals surface area contributed by atoms with E-state index in [0.717, 1.165) is 0 Å². The van der Waals surface area contributed by atoms with E-state index in [9.17, 15) is 6.85 Å². The van der Waals surface area contributed by atoms with E-state index in [1.54, 1.807) is 48.5 Å². The zero-order valence-corrected chi connectivity index (χ0v) is 23.0. The predicted octanol–water partition coefficient (Wildman–Crippen LogP) is 12.6. The molecule has 0 fully saturated rings. The molecule has 210 valence electrons. The summed E-state index contributed by atoms with van der Waals surface area (Å²) in [6.45, 7) is 0. The lowest BCUT2D eigenvalue weighted by Gasteiger charge is -2.18. The maximum absolute atomic E-state index is 9.88. The zero-order chi connectivity index (χ0) is 47.1. The fourth-order valence-corrected chi connectivity index (χ4v) is 5.78. The maximum atomic E-state index is 9.88. The molecule has 1 nitrogen and oxygen atoms in total. The first-order chi connectivity index (χ1) is 30.7. The fourth-order valence-electron chi connectivity index (χ4n) is 5.78. The maximum Gasteiger partial charge on any atom is 0.136 e. The van der Waals surface area contributed by atoms with Crippen LogP contribution >= 0.6 is 0 Å². The minimum absolute atomic E-state index is 0.167. The molecule has 45 heavy (non-hydrogen) atoms. The van der Waals surface area contributed by atoms with Crippen LogP contribution in [0.2, 0.25) is 0 Å². The first kappa shape index (κ1) is 12.6. The zero-order valence-electron chi connectivity index (χ0n) is 43.0. The third-order valence-corrected chi connectivity index (χ3v) is 7.63. The first-order valence-corrected chi connectivity index (χ1v) is 13.8. The number of benzene rings is 8. The van der Waals surface area contributed by atoms with Gasteiger partial charge in [-0.25, -0.2) is 0 Å².